The van der Waals surface area contributed by atoms with Gasteiger partial charge in [-0.2, -0.15) is 0 Å². The highest BCUT2D eigenvalue weighted by Crippen LogP contribution is 2.35. The Labute approximate surface area is 108 Å². The van der Waals surface area contributed by atoms with E-state index in [4.69, 9.17) is 5.73 Å². The Morgan fingerprint density at radius 2 is 1.53 bits per heavy atom. The fraction of sp³-hybridized carbons (Fsp3) is 0.538. The second-order valence-electron chi connectivity index (χ2n) is 4.71. The molecule has 1 atom stereocenters. The van der Waals surface area contributed by atoms with E-state index in [1.807, 2.05) is 0 Å². The molecular weight excluding hydrogens is 238 g/mol. The monoisotopic (exact) mass is 257 g/mol. The van der Waals surface area contributed by atoms with Crippen LogP contribution < -0.4 is 5.73 Å². The maximum atomic E-state index is 9.43. The summed E-state index contributed by atoms with van der Waals surface area (Å²) < 4.78 is 0. The molecule has 1 aromatic rings. The lowest BCUT2D eigenvalue weighted by atomic mass is 9.81. The van der Waals surface area contributed by atoms with Crippen LogP contribution in [0.2, 0.25) is 0 Å². The minimum Gasteiger partial charge on any atom is -0.508 e. The summed E-state index contributed by atoms with van der Waals surface area (Å²) in [7, 11) is 0. The number of halogens is 1. The Kier molecular flexibility index (Phi) is 5.09. The minimum absolute atomic E-state index is 0. The van der Waals surface area contributed by atoms with Gasteiger partial charge in [0.2, 0.25) is 0 Å². The lowest BCUT2D eigenvalue weighted by Crippen LogP contribution is -2.23. The third kappa shape index (κ3) is 3.51. The van der Waals surface area contributed by atoms with Crippen LogP contribution in [0.25, 0.3) is 0 Å². The molecule has 0 amide bonds. The summed E-state index contributed by atoms with van der Waals surface area (Å²) >= 11 is 0. The van der Waals surface area contributed by atoms with Crippen LogP contribution in [-0.4, -0.2) is 10.2 Å². The van der Waals surface area contributed by atoms with E-state index < -0.39 is 0 Å². The van der Waals surface area contributed by atoms with Gasteiger partial charge >= 0.3 is 0 Å². The van der Waals surface area contributed by atoms with Gasteiger partial charge in [0, 0.05) is 12.1 Å². The summed E-state index contributed by atoms with van der Waals surface area (Å²) in [5.41, 5.74) is 7.02. The van der Waals surface area contributed by atoms with Crippen molar-refractivity contribution in [1.82, 2.24) is 0 Å². The first-order valence-electron chi connectivity index (χ1n) is 5.95. The molecule has 0 bridgehead atoms. The van der Waals surface area contributed by atoms with E-state index in [9.17, 15) is 10.2 Å². The van der Waals surface area contributed by atoms with Crippen LogP contribution in [0.5, 0.6) is 11.5 Å². The molecule has 0 aliphatic heterocycles. The highest BCUT2D eigenvalue weighted by Gasteiger charge is 2.22. The van der Waals surface area contributed by atoms with Crippen molar-refractivity contribution in [3.63, 3.8) is 0 Å². The van der Waals surface area contributed by atoms with Gasteiger partial charge in [-0.15, -0.1) is 12.4 Å². The molecule has 0 spiro atoms. The van der Waals surface area contributed by atoms with Crippen molar-refractivity contribution in [3.05, 3.63) is 23.8 Å². The highest BCUT2D eigenvalue weighted by atomic mass is 35.5. The average Bonchev–Trinajstić information content (AvgIpc) is 2.28. The number of benzene rings is 1. The van der Waals surface area contributed by atoms with E-state index in [2.05, 4.69) is 0 Å². The fourth-order valence-corrected chi connectivity index (χ4v) is 2.58. The van der Waals surface area contributed by atoms with Crippen LogP contribution in [0, 0.1) is 5.92 Å². The van der Waals surface area contributed by atoms with Crippen LogP contribution in [0.4, 0.5) is 0 Å². The lowest BCUT2D eigenvalue weighted by molar-refractivity contribution is 0.307. The Hall–Kier alpha value is -0.930. The van der Waals surface area contributed by atoms with Gasteiger partial charge in [-0.05, 0) is 36.5 Å². The van der Waals surface area contributed by atoms with Crippen molar-refractivity contribution < 1.29 is 10.2 Å². The van der Waals surface area contributed by atoms with Gasteiger partial charge in [0.05, 0.1) is 0 Å². The molecule has 1 aliphatic carbocycles. The van der Waals surface area contributed by atoms with Crippen LogP contribution >= 0.6 is 12.4 Å². The SMILES string of the molecule is Cl.N[C@H](c1cc(O)cc(O)c1)C1CCCCC1. The number of hydrogen-bond acceptors (Lipinski definition) is 3. The van der Waals surface area contributed by atoms with Crippen molar-refractivity contribution in [1.29, 1.82) is 0 Å². The average molecular weight is 258 g/mol. The molecule has 96 valence electrons. The van der Waals surface area contributed by atoms with E-state index in [1.54, 1.807) is 12.1 Å². The first kappa shape index (κ1) is 14.1. The van der Waals surface area contributed by atoms with E-state index in [0.717, 1.165) is 18.4 Å². The van der Waals surface area contributed by atoms with Crippen LogP contribution in [0.15, 0.2) is 18.2 Å². The van der Waals surface area contributed by atoms with Crippen molar-refractivity contribution >= 4 is 12.4 Å². The Morgan fingerprint density at radius 3 is 2.06 bits per heavy atom. The Morgan fingerprint density at radius 1 is 1.00 bits per heavy atom. The standard InChI is InChI=1S/C13H19NO2.ClH/c14-13(9-4-2-1-3-5-9)10-6-11(15)8-12(16)7-10;/h6-9,13,15-16H,1-5,14H2;1H/t13-;/m0./s1. The highest BCUT2D eigenvalue weighted by molar-refractivity contribution is 5.85. The summed E-state index contributed by atoms with van der Waals surface area (Å²) in [6.07, 6.45) is 6.08. The van der Waals surface area contributed by atoms with Gasteiger partial charge in [-0.1, -0.05) is 19.3 Å². The molecule has 3 nitrogen and oxygen atoms in total. The predicted molar refractivity (Wildman–Crippen MR) is 70.5 cm³/mol. The van der Waals surface area contributed by atoms with Crippen molar-refractivity contribution in [2.75, 3.05) is 0 Å². The fourth-order valence-electron chi connectivity index (χ4n) is 2.58. The van der Waals surface area contributed by atoms with Crippen LogP contribution in [0.1, 0.15) is 43.7 Å². The maximum absolute atomic E-state index is 9.43. The topological polar surface area (TPSA) is 66.5 Å². The number of nitrogens with two attached hydrogens (primary N) is 1. The number of hydrogen-bond donors (Lipinski definition) is 3. The molecule has 4 N–H and O–H groups in total. The van der Waals surface area contributed by atoms with E-state index in [0.29, 0.717) is 5.92 Å². The lowest BCUT2D eigenvalue weighted by Gasteiger charge is -2.27. The molecule has 1 saturated carbocycles. The summed E-state index contributed by atoms with van der Waals surface area (Å²) in [4.78, 5) is 0. The third-order valence-corrected chi connectivity index (χ3v) is 3.47. The second-order valence-corrected chi connectivity index (χ2v) is 4.71. The van der Waals surface area contributed by atoms with E-state index in [-0.39, 0.29) is 29.9 Å². The summed E-state index contributed by atoms with van der Waals surface area (Å²) in [5, 5.41) is 18.9. The second kappa shape index (κ2) is 6.12. The van der Waals surface area contributed by atoms with Crippen molar-refractivity contribution in [2.45, 2.75) is 38.1 Å². The minimum atomic E-state index is -0.0710. The smallest absolute Gasteiger partial charge is 0.119 e. The number of phenols is 2. The van der Waals surface area contributed by atoms with Gasteiger partial charge in [-0.25, -0.2) is 0 Å². The number of phenolic OH excluding ortho intramolecular Hbond substituents is 2. The molecular formula is C13H20ClNO2. The van der Waals surface area contributed by atoms with Gasteiger partial charge in [0.1, 0.15) is 11.5 Å². The first-order valence-corrected chi connectivity index (χ1v) is 5.95. The van der Waals surface area contributed by atoms with Gasteiger partial charge in [-0.3, -0.25) is 0 Å². The normalized spacial score (nSPS) is 18.4. The molecule has 0 aromatic heterocycles. The molecule has 1 aliphatic rings. The predicted octanol–water partition coefficient (Wildman–Crippen LogP) is 3.10. The first-order chi connectivity index (χ1) is 7.66. The third-order valence-electron chi connectivity index (χ3n) is 3.47. The molecule has 4 heteroatoms. The molecule has 17 heavy (non-hydrogen) atoms. The van der Waals surface area contributed by atoms with Gasteiger partial charge < -0.3 is 15.9 Å². The quantitative estimate of drug-likeness (QED) is 0.763. The van der Waals surface area contributed by atoms with Crippen molar-refractivity contribution in [3.8, 4) is 11.5 Å². The molecule has 0 saturated heterocycles. The van der Waals surface area contributed by atoms with Crippen LogP contribution in [0.3, 0.4) is 0 Å². The van der Waals surface area contributed by atoms with Gasteiger partial charge in [0.15, 0.2) is 0 Å². The zero-order valence-corrected chi connectivity index (χ0v) is 10.6. The summed E-state index contributed by atoms with van der Waals surface area (Å²) in [6, 6.07) is 4.56. The Bertz CT molecular complexity index is 344. The van der Waals surface area contributed by atoms with E-state index in [1.165, 1.54) is 25.3 Å². The number of rotatable bonds is 2. The Balaban J connectivity index is 0.00000144. The zero-order valence-electron chi connectivity index (χ0n) is 9.80. The zero-order chi connectivity index (χ0) is 11.5. The molecule has 0 radical (unpaired) electrons. The molecule has 1 fully saturated rings. The van der Waals surface area contributed by atoms with Crippen LogP contribution in [-0.2, 0) is 0 Å². The largest absolute Gasteiger partial charge is 0.508 e. The molecule has 0 heterocycles. The maximum Gasteiger partial charge on any atom is 0.119 e. The number of aromatic hydroxyl groups is 2. The summed E-state index contributed by atoms with van der Waals surface area (Å²) in [5.74, 6) is 0.650. The molecule has 0 unspecified atom stereocenters. The molecule has 1 aromatic carbocycles. The van der Waals surface area contributed by atoms with Crippen molar-refractivity contribution in [2.24, 2.45) is 11.7 Å². The van der Waals surface area contributed by atoms with Gasteiger partial charge in [0.25, 0.3) is 0 Å². The van der Waals surface area contributed by atoms with E-state index >= 15 is 0 Å². The molecule has 2 rings (SSSR count). The summed E-state index contributed by atoms with van der Waals surface area (Å²) in [6.45, 7) is 0.